The van der Waals surface area contributed by atoms with Crippen molar-refractivity contribution in [3.8, 4) is 0 Å². The van der Waals surface area contributed by atoms with Crippen LogP contribution in [-0.4, -0.2) is 96.4 Å². The summed E-state index contributed by atoms with van der Waals surface area (Å²) in [6.45, 7) is 8.09. The molecule has 0 spiro atoms. The number of hydrogen-bond donors (Lipinski definition) is 1. The quantitative estimate of drug-likeness (QED) is 0.703. The number of rotatable bonds is 2. The molecule has 3 saturated heterocycles. The molecule has 0 aromatic rings. The van der Waals surface area contributed by atoms with Crippen molar-refractivity contribution in [1.82, 2.24) is 20.0 Å². The van der Waals surface area contributed by atoms with Crippen LogP contribution in [0, 0.1) is 0 Å². The highest BCUT2D eigenvalue weighted by atomic mass is 16.6. The predicted molar refractivity (Wildman–Crippen MR) is 92.6 cm³/mol. The van der Waals surface area contributed by atoms with E-state index in [-0.39, 0.29) is 36.2 Å². The number of hydrogen-bond acceptors (Lipinski definition) is 6. The number of nitrogens with one attached hydrogen (secondary N) is 1. The molecule has 146 valence electrons. The molecule has 0 bridgehead atoms. The zero-order chi connectivity index (χ0) is 19.1. The van der Waals surface area contributed by atoms with E-state index in [0.29, 0.717) is 39.1 Å². The van der Waals surface area contributed by atoms with E-state index >= 15 is 0 Å². The number of carbonyl (C=O) groups excluding carboxylic acids is 3. The molecule has 3 amide bonds. The first-order valence-corrected chi connectivity index (χ1v) is 9.06. The van der Waals surface area contributed by atoms with Gasteiger partial charge in [-0.1, -0.05) is 0 Å². The molecule has 3 atom stereocenters. The van der Waals surface area contributed by atoms with Crippen LogP contribution in [0.15, 0.2) is 0 Å². The summed E-state index contributed by atoms with van der Waals surface area (Å²) in [5.74, 6) is -0.298. The van der Waals surface area contributed by atoms with Crippen molar-refractivity contribution in [2.24, 2.45) is 0 Å². The number of nitrogens with zero attached hydrogens (tertiary/aromatic N) is 3. The summed E-state index contributed by atoms with van der Waals surface area (Å²) in [6.07, 6.45) is 0.214. The van der Waals surface area contributed by atoms with Crippen molar-refractivity contribution in [1.29, 1.82) is 0 Å². The van der Waals surface area contributed by atoms with Gasteiger partial charge in [-0.2, -0.15) is 0 Å². The lowest BCUT2D eigenvalue weighted by atomic mass is 10.1. The van der Waals surface area contributed by atoms with E-state index in [2.05, 4.69) is 5.32 Å². The SMILES string of the molecule is COC(=O)[C@H]1C[C@H](N2C[C@@H]3CN(C(=O)OC(C)(C)C)CCN3C2=O)CN1. The summed E-state index contributed by atoms with van der Waals surface area (Å²) in [4.78, 5) is 42.0. The lowest BCUT2D eigenvalue weighted by Gasteiger charge is -2.37. The van der Waals surface area contributed by atoms with Gasteiger partial charge in [0, 0.05) is 38.8 Å². The van der Waals surface area contributed by atoms with Gasteiger partial charge in [0.25, 0.3) is 0 Å². The summed E-state index contributed by atoms with van der Waals surface area (Å²) in [7, 11) is 1.36. The third-order valence-corrected chi connectivity index (χ3v) is 5.07. The Kier molecular flexibility index (Phi) is 5.01. The molecule has 9 heteroatoms. The largest absolute Gasteiger partial charge is 0.468 e. The average molecular weight is 368 g/mol. The fourth-order valence-corrected chi connectivity index (χ4v) is 3.81. The Morgan fingerprint density at radius 3 is 2.50 bits per heavy atom. The van der Waals surface area contributed by atoms with Crippen molar-refractivity contribution in [3.63, 3.8) is 0 Å². The second kappa shape index (κ2) is 6.94. The van der Waals surface area contributed by atoms with Crippen LogP contribution in [0.25, 0.3) is 0 Å². The minimum Gasteiger partial charge on any atom is -0.468 e. The van der Waals surface area contributed by atoms with Crippen molar-refractivity contribution < 1.29 is 23.9 Å². The van der Waals surface area contributed by atoms with Gasteiger partial charge in [0.1, 0.15) is 11.6 Å². The molecule has 1 N–H and O–H groups in total. The van der Waals surface area contributed by atoms with Crippen molar-refractivity contribution in [2.45, 2.75) is 50.9 Å². The molecule has 0 saturated carbocycles. The Bertz CT molecular complexity index is 590. The summed E-state index contributed by atoms with van der Waals surface area (Å²) >= 11 is 0. The highest BCUT2D eigenvalue weighted by molar-refractivity contribution is 5.80. The van der Waals surface area contributed by atoms with Gasteiger partial charge in [0.05, 0.1) is 13.2 Å². The first-order valence-electron chi connectivity index (χ1n) is 9.06. The molecule has 3 aliphatic rings. The number of amides is 3. The van der Waals surface area contributed by atoms with Gasteiger partial charge in [0.15, 0.2) is 0 Å². The zero-order valence-electron chi connectivity index (χ0n) is 15.9. The fraction of sp³-hybridized carbons (Fsp3) is 0.824. The van der Waals surface area contributed by atoms with Gasteiger partial charge in [-0.25, -0.2) is 9.59 Å². The van der Waals surface area contributed by atoms with E-state index in [1.165, 1.54) is 7.11 Å². The zero-order valence-corrected chi connectivity index (χ0v) is 15.9. The van der Waals surface area contributed by atoms with Crippen molar-refractivity contribution in [3.05, 3.63) is 0 Å². The van der Waals surface area contributed by atoms with Gasteiger partial charge in [-0.3, -0.25) is 4.79 Å². The van der Waals surface area contributed by atoms with Gasteiger partial charge in [-0.05, 0) is 27.2 Å². The van der Waals surface area contributed by atoms with E-state index < -0.39 is 5.60 Å². The molecule has 0 aromatic heterocycles. The Labute approximate surface area is 153 Å². The predicted octanol–water partition coefficient (Wildman–Crippen LogP) is 0.247. The van der Waals surface area contributed by atoms with Crippen LogP contribution in [0.1, 0.15) is 27.2 Å². The number of carbonyl (C=O) groups is 3. The molecule has 26 heavy (non-hydrogen) atoms. The number of fused-ring (bicyclic) bond motifs is 1. The van der Waals surface area contributed by atoms with Crippen LogP contribution in [-0.2, 0) is 14.3 Å². The third-order valence-electron chi connectivity index (χ3n) is 5.07. The molecule has 3 rings (SSSR count). The third kappa shape index (κ3) is 3.72. The maximum atomic E-state index is 12.8. The van der Waals surface area contributed by atoms with Crippen LogP contribution in [0.2, 0.25) is 0 Å². The number of esters is 1. The second-order valence-electron chi connectivity index (χ2n) is 8.08. The Morgan fingerprint density at radius 2 is 1.85 bits per heavy atom. The topological polar surface area (TPSA) is 91.4 Å². The summed E-state index contributed by atoms with van der Waals surface area (Å²) in [6, 6.07) is -0.460. The lowest BCUT2D eigenvalue weighted by molar-refractivity contribution is -0.142. The molecule has 3 heterocycles. The highest BCUT2D eigenvalue weighted by Crippen LogP contribution is 2.26. The summed E-state index contributed by atoms with van der Waals surface area (Å²) in [5, 5.41) is 3.12. The standard InChI is InChI=1S/C17H28N4O5/c1-17(2,3)26-16(24)19-5-6-20-12(9-19)10-21(15(20)23)11-7-13(18-8-11)14(22)25-4/h11-13,18H,5-10H2,1-4H3/t11-,12-,13+/m0/s1. The van der Waals surface area contributed by atoms with Crippen LogP contribution in [0.5, 0.6) is 0 Å². The molecular formula is C17H28N4O5. The lowest BCUT2D eigenvalue weighted by Crippen LogP contribution is -2.54. The maximum Gasteiger partial charge on any atom is 0.410 e. The Morgan fingerprint density at radius 1 is 1.12 bits per heavy atom. The molecule has 0 aliphatic carbocycles. The fourth-order valence-electron chi connectivity index (χ4n) is 3.81. The normalized spacial score (nSPS) is 29.0. The maximum absolute atomic E-state index is 12.8. The molecule has 0 radical (unpaired) electrons. The van der Waals surface area contributed by atoms with Gasteiger partial charge in [0.2, 0.25) is 0 Å². The Balaban J connectivity index is 1.60. The van der Waals surface area contributed by atoms with Crippen molar-refractivity contribution >= 4 is 18.1 Å². The highest BCUT2D eigenvalue weighted by Gasteiger charge is 2.46. The minimum atomic E-state index is -0.538. The molecule has 0 unspecified atom stereocenters. The van der Waals surface area contributed by atoms with Gasteiger partial charge in [-0.15, -0.1) is 0 Å². The van der Waals surface area contributed by atoms with Crippen molar-refractivity contribution in [2.75, 3.05) is 39.8 Å². The van der Waals surface area contributed by atoms with Crippen LogP contribution >= 0.6 is 0 Å². The summed E-state index contributed by atoms with van der Waals surface area (Å²) < 4.78 is 10.2. The number of urea groups is 1. The number of methoxy groups -OCH3 is 1. The summed E-state index contributed by atoms with van der Waals surface area (Å²) in [5.41, 5.74) is -0.538. The van der Waals surface area contributed by atoms with E-state index in [4.69, 9.17) is 9.47 Å². The molecular weight excluding hydrogens is 340 g/mol. The molecule has 0 aromatic carbocycles. The van der Waals surface area contributed by atoms with Gasteiger partial charge >= 0.3 is 18.1 Å². The van der Waals surface area contributed by atoms with E-state index in [1.54, 1.807) is 4.90 Å². The van der Waals surface area contributed by atoms with Crippen LogP contribution in [0.3, 0.4) is 0 Å². The molecule has 3 aliphatic heterocycles. The first kappa shape index (κ1) is 18.8. The first-order chi connectivity index (χ1) is 12.2. The smallest absolute Gasteiger partial charge is 0.410 e. The van der Waals surface area contributed by atoms with Gasteiger partial charge < -0.3 is 29.5 Å². The average Bonchev–Trinajstić information content (AvgIpc) is 3.17. The minimum absolute atomic E-state index is 0.0174. The molecule has 3 fully saturated rings. The van der Waals surface area contributed by atoms with Crippen LogP contribution < -0.4 is 5.32 Å². The number of piperazine rings is 1. The van der Waals surface area contributed by atoms with E-state index in [1.807, 2.05) is 30.6 Å². The monoisotopic (exact) mass is 368 g/mol. The molecule has 9 nitrogen and oxygen atoms in total. The van der Waals surface area contributed by atoms with E-state index in [9.17, 15) is 14.4 Å². The second-order valence-corrected chi connectivity index (χ2v) is 8.08. The number of ether oxygens (including phenoxy) is 2. The van der Waals surface area contributed by atoms with E-state index in [0.717, 1.165) is 0 Å². The Hall–Kier alpha value is -2.03. The van der Waals surface area contributed by atoms with Crippen LogP contribution in [0.4, 0.5) is 9.59 Å².